The summed E-state index contributed by atoms with van der Waals surface area (Å²) in [4.78, 5) is 0. The summed E-state index contributed by atoms with van der Waals surface area (Å²) >= 11 is 0. The van der Waals surface area contributed by atoms with Gasteiger partial charge in [-0.25, -0.2) is 0 Å². The Morgan fingerprint density at radius 1 is 0.382 bits per heavy atom. The van der Waals surface area contributed by atoms with Crippen LogP contribution in [0.25, 0.3) is 76.9 Å². The highest BCUT2D eigenvalue weighted by atomic mass is 16.3. The zero-order valence-electron chi connectivity index (χ0n) is 18.4. The number of rotatable bonds is 1. The van der Waals surface area contributed by atoms with E-state index in [1.54, 1.807) is 0 Å². The first kappa shape index (κ1) is 18.0. The number of benzene rings is 5. The summed E-state index contributed by atoms with van der Waals surface area (Å²) in [7, 11) is 2.10. The molecule has 0 saturated carbocycles. The van der Waals surface area contributed by atoms with Crippen molar-refractivity contribution in [1.82, 2.24) is 0 Å². The van der Waals surface area contributed by atoms with Crippen LogP contribution >= 0.6 is 0 Å². The van der Waals surface area contributed by atoms with Crippen LogP contribution in [0.1, 0.15) is 0 Å². The van der Waals surface area contributed by atoms with Crippen LogP contribution in [0, 0.1) is 0 Å². The van der Waals surface area contributed by atoms with Crippen LogP contribution in [0.15, 0.2) is 104 Å². The Labute approximate surface area is 194 Å². The Hall–Kier alpha value is -4.44. The fraction of sp³-hybridized carbons (Fsp3) is 0. The summed E-state index contributed by atoms with van der Waals surface area (Å²) in [5.41, 5.74) is 8.86. The Morgan fingerprint density at radius 2 is 0.853 bits per heavy atom. The van der Waals surface area contributed by atoms with Gasteiger partial charge in [-0.1, -0.05) is 47.9 Å². The molecule has 0 aliphatic heterocycles. The molecule has 0 aliphatic rings. The van der Waals surface area contributed by atoms with Crippen LogP contribution in [0.4, 0.5) is 0 Å². The van der Waals surface area contributed by atoms with Gasteiger partial charge in [-0.2, -0.15) is 0 Å². The van der Waals surface area contributed by atoms with Crippen molar-refractivity contribution in [3.8, 4) is 11.1 Å². The first-order valence-electron chi connectivity index (χ1n) is 11.4. The average Bonchev–Trinajstić information content (AvgIpc) is 3.52. The minimum atomic E-state index is 0.875. The topological polar surface area (TPSA) is 39.4 Å². The van der Waals surface area contributed by atoms with Crippen molar-refractivity contribution in [1.29, 1.82) is 0 Å². The molecule has 0 radical (unpaired) electrons. The van der Waals surface area contributed by atoms with E-state index in [-0.39, 0.29) is 0 Å². The second-order valence-electron chi connectivity index (χ2n) is 9.07. The molecular weight excluding hydrogens is 419 g/mol. The molecule has 34 heavy (non-hydrogen) atoms. The molecule has 0 aliphatic carbocycles. The second kappa shape index (κ2) is 6.33. The maximum atomic E-state index is 6.26. The van der Waals surface area contributed by atoms with Crippen LogP contribution in [0.2, 0.25) is 0 Å². The third kappa shape index (κ3) is 2.42. The molecule has 4 heteroatoms. The van der Waals surface area contributed by atoms with E-state index in [9.17, 15) is 0 Å². The third-order valence-electron chi connectivity index (χ3n) is 6.93. The Balaban J connectivity index is 1.36. The molecule has 3 aromatic heterocycles. The molecule has 8 rings (SSSR count). The zero-order chi connectivity index (χ0) is 22.4. The van der Waals surface area contributed by atoms with E-state index in [0.29, 0.717) is 0 Å². The van der Waals surface area contributed by atoms with E-state index in [1.165, 1.54) is 5.46 Å². The van der Waals surface area contributed by atoms with Gasteiger partial charge in [0.05, 0.1) is 0 Å². The predicted octanol–water partition coefficient (Wildman–Crippen LogP) is 7.31. The van der Waals surface area contributed by atoms with Gasteiger partial charge >= 0.3 is 0 Å². The van der Waals surface area contributed by atoms with Gasteiger partial charge in [0.25, 0.3) is 0 Å². The van der Waals surface area contributed by atoms with Crippen LogP contribution < -0.4 is 5.46 Å². The lowest BCUT2D eigenvalue weighted by Gasteiger charge is -2.02. The van der Waals surface area contributed by atoms with Crippen LogP contribution in [-0.2, 0) is 0 Å². The zero-order valence-corrected chi connectivity index (χ0v) is 18.4. The number of para-hydroxylation sites is 1. The maximum Gasteiger partial charge on any atom is 0.139 e. The fourth-order valence-corrected chi connectivity index (χ4v) is 5.24. The van der Waals surface area contributed by atoms with Gasteiger partial charge in [0.2, 0.25) is 0 Å². The highest BCUT2D eigenvalue weighted by Gasteiger charge is 2.15. The molecular formula is C30H17BO3. The van der Waals surface area contributed by atoms with Gasteiger partial charge in [0.15, 0.2) is 0 Å². The molecule has 158 valence electrons. The van der Waals surface area contributed by atoms with E-state index < -0.39 is 0 Å². The smallest absolute Gasteiger partial charge is 0.139 e. The highest BCUT2D eigenvalue weighted by Crippen LogP contribution is 2.38. The van der Waals surface area contributed by atoms with Crippen molar-refractivity contribution < 1.29 is 13.3 Å². The van der Waals surface area contributed by atoms with Gasteiger partial charge < -0.3 is 13.3 Å². The molecule has 0 N–H and O–H groups in total. The number of hydrogen-bond acceptors (Lipinski definition) is 3. The van der Waals surface area contributed by atoms with E-state index in [0.717, 1.165) is 76.9 Å². The number of fused-ring (bicyclic) bond motifs is 9. The SMILES string of the molecule is Bc1ccc2oc3cc4c(cc3c2c1)oc1ccc(-c2ccc3oc5ccccc5c3c2)cc14. The molecule has 0 atom stereocenters. The monoisotopic (exact) mass is 436 g/mol. The standard InChI is InChI=1S/C30H17BO3/c31-18-7-10-28-22(13-18)24-15-29-23(14-30(24)34-28)21-12-17(6-9-27(21)33-29)16-5-8-26-20(11-16)19-3-1-2-4-25(19)32-26/h1-15H,31H2. The molecule has 0 bridgehead atoms. The summed E-state index contributed by atoms with van der Waals surface area (Å²) in [5.74, 6) is 0. The normalized spacial score (nSPS) is 12.2. The van der Waals surface area contributed by atoms with Crippen molar-refractivity contribution in [3.05, 3.63) is 91.0 Å². The van der Waals surface area contributed by atoms with Crippen LogP contribution in [0.3, 0.4) is 0 Å². The first-order valence-corrected chi connectivity index (χ1v) is 11.4. The van der Waals surface area contributed by atoms with E-state index in [1.807, 2.05) is 24.3 Å². The minimum absolute atomic E-state index is 0.875. The van der Waals surface area contributed by atoms with Crippen LogP contribution in [0.5, 0.6) is 0 Å². The van der Waals surface area contributed by atoms with Gasteiger partial charge in [0, 0.05) is 32.3 Å². The third-order valence-corrected chi connectivity index (χ3v) is 6.93. The quantitative estimate of drug-likeness (QED) is 0.253. The molecule has 3 heterocycles. The lowest BCUT2D eigenvalue weighted by atomic mass is 9.94. The van der Waals surface area contributed by atoms with Gasteiger partial charge in [-0.15, -0.1) is 0 Å². The van der Waals surface area contributed by atoms with E-state index in [4.69, 9.17) is 13.3 Å². The Morgan fingerprint density at radius 3 is 1.53 bits per heavy atom. The van der Waals surface area contributed by atoms with Crippen molar-refractivity contribution in [2.75, 3.05) is 0 Å². The van der Waals surface area contributed by atoms with Crippen molar-refractivity contribution >= 4 is 79.1 Å². The summed E-state index contributed by atoms with van der Waals surface area (Å²) < 4.78 is 18.4. The van der Waals surface area contributed by atoms with Gasteiger partial charge in [-0.3, -0.25) is 0 Å². The lowest BCUT2D eigenvalue weighted by molar-refractivity contribution is 0.664. The highest BCUT2D eigenvalue weighted by molar-refractivity contribution is 6.33. The molecule has 0 fully saturated rings. The summed E-state index contributed by atoms with van der Waals surface area (Å²) in [6.07, 6.45) is 0. The van der Waals surface area contributed by atoms with Gasteiger partial charge in [0.1, 0.15) is 41.3 Å². The largest absolute Gasteiger partial charge is 0.456 e. The Bertz CT molecular complexity index is 2090. The maximum absolute atomic E-state index is 6.26. The molecule has 0 saturated heterocycles. The molecule has 0 unspecified atom stereocenters. The first-order chi connectivity index (χ1) is 16.7. The summed E-state index contributed by atoms with van der Waals surface area (Å²) in [6.45, 7) is 0. The molecule has 8 aromatic rings. The predicted molar refractivity (Wildman–Crippen MR) is 142 cm³/mol. The summed E-state index contributed by atoms with van der Waals surface area (Å²) in [6, 6.07) is 31.5. The molecule has 3 nitrogen and oxygen atoms in total. The molecule has 0 amide bonds. The average molecular weight is 436 g/mol. The van der Waals surface area contributed by atoms with Crippen LogP contribution in [-0.4, -0.2) is 7.85 Å². The van der Waals surface area contributed by atoms with E-state index in [2.05, 4.69) is 74.6 Å². The Kier molecular flexibility index (Phi) is 3.36. The fourth-order valence-electron chi connectivity index (χ4n) is 5.24. The van der Waals surface area contributed by atoms with Crippen molar-refractivity contribution in [2.24, 2.45) is 0 Å². The van der Waals surface area contributed by atoms with E-state index >= 15 is 0 Å². The second-order valence-corrected chi connectivity index (χ2v) is 9.07. The lowest BCUT2D eigenvalue weighted by Crippen LogP contribution is -1.98. The number of hydrogen-bond donors (Lipinski definition) is 0. The minimum Gasteiger partial charge on any atom is -0.456 e. The van der Waals surface area contributed by atoms with Crippen molar-refractivity contribution in [2.45, 2.75) is 0 Å². The van der Waals surface area contributed by atoms with Gasteiger partial charge in [-0.05, 0) is 59.7 Å². The summed E-state index contributed by atoms with van der Waals surface area (Å²) in [5, 5.41) is 6.63. The van der Waals surface area contributed by atoms with Crippen molar-refractivity contribution in [3.63, 3.8) is 0 Å². The molecule has 0 spiro atoms. The molecule has 5 aromatic carbocycles. The number of furan rings is 3.